The molecule has 40 heavy (non-hydrogen) atoms. The lowest BCUT2D eigenvalue weighted by Gasteiger charge is -2.36. The SMILES string of the molecule is Cc1nc(-c2ccc(N3CCN(CCn4c(=O)n(C)c5c4nc(N)n4nc(-c6ccco6)nc54)CC3)cc2)no1. The number of anilines is 2. The second-order valence-electron chi connectivity index (χ2n) is 9.80. The summed E-state index contributed by atoms with van der Waals surface area (Å²) in [5, 5.41) is 8.42. The van der Waals surface area contributed by atoms with E-state index in [2.05, 4.69) is 47.1 Å². The molecule has 0 atom stereocenters. The number of fused-ring (bicyclic) bond motifs is 3. The van der Waals surface area contributed by atoms with Crippen LogP contribution in [0.15, 0.2) is 56.4 Å². The van der Waals surface area contributed by atoms with Crippen molar-refractivity contribution in [3.05, 3.63) is 59.0 Å². The highest BCUT2D eigenvalue weighted by atomic mass is 16.5. The first kappa shape index (κ1) is 24.1. The smallest absolute Gasteiger partial charge is 0.330 e. The molecule has 1 saturated heterocycles. The molecule has 14 nitrogen and oxygen atoms in total. The number of imidazole rings is 1. The van der Waals surface area contributed by atoms with Crippen molar-refractivity contribution in [2.75, 3.05) is 43.4 Å². The number of aryl methyl sites for hydroxylation is 2. The van der Waals surface area contributed by atoms with E-state index < -0.39 is 0 Å². The first-order chi connectivity index (χ1) is 19.5. The lowest BCUT2D eigenvalue weighted by atomic mass is 10.1. The molecule has 5 aromatic heterocycles. The number of rotatable bonds is 6. The van der Waals surface area contributed by atoms with Crippen LogP contribution in [-0.2, 0) is 13.6 Å². The fourth-order valence-corrected chi connectivity index (χ4v) is 5.21. The average Bonchev–Trinajstić information content (AvgIpc) is 3.77. The minimum Gasteiger partial charge on any atom is -0.461 e. The third-order valence-electron chi connectivity index (χ3n) is 7.35. The maximum Gasteiger partial charge on any atom is 0.330 e. The van der Waals surface area contributed by atoms with Crippen molar-refractivity contribution < 1.29 is 8.94 Å². The molecule has 2 N–H and O–H groups in total. The Morgan fingerprint density at radius 2 is 1.75 bits per heavy atom. The van der Waals surface area contributed by atoms with Crippen LogP contribution in [0.25, 0.3) is 39.8 Å². The van der Waals surface area contributed by atoms with Crippen molar-refractivity contribution in [3.8, 4) is 23.0 Å². The highest BCUT2D eigenvalue weighted by molar-refractivity contribution is 5.88. The fraction of sp³-hybridized carbons (Fsp3) is 0.308. The molecule has 1 fully saturated rings. The normalized spacial score (nSPS) is 14.6. The summed E-state index contributed by atoms with van der Waals surface area (Å²) < 4.78 is 15.2. The van der Waals surface area contributed by atoms with Gasteiger partial charge in [0.05, 0.1) is 6.26 Å². The second-order valence-corrected chi connectivity index (χ2v) is 9.80. The Hall–Kier alpha value is -4.98. The molecule has 1 aliphatic rings. The van der Waals surface area contributed by atoms with Gasteiger partial charge >= 0.3 is 5.69 Å². The summed E-state index contributed by atoms with van der Waals surface area (Å²) in [5.74, 6) is 2.19. The second kappa shape index (κ2) is 9.34. The summed E-state index contributed by atoms with van der Waals surface area (Å²) in [6, 6.07) is 11.7. The number of piperazine rings is 1. The molecule has 0 bridgehead atoms. The van der Waals surface area contributed by atoms with E-state index in [1.54, 1.807) is 41.5 Å². The van der Waals surface area contributed by atoms with Crippen LogP contribution in [0.4, 0.5) is 11.6 Å². The summed E-state index contributed by atoms with van der Waals surface area (Å²) in [6.07, 6.45) is 1.55. The van der Waals surface area contributed by atoms with Crippen LogP contribution in [-0.4, -0.2) is 76.5 Å². The van der Waals surface area contributed by atoms with Gasteiger partial charge in [0.25, 0.3) is 0 Å². The minimum absolute atomic E-state index is 0.154. The van der Waals surface area contributed by atoms with Gasteiger partial charge in [0.2, 0.25) is 23.5 Å². The zero-order valence-corrected chi connectivity index (χ0v) is 22.1. The van der Waals surface area contributed by atoms with E-state index in [-0.39, 0.29) is 11.6 Å². The van der Waals surface area contributed by atoms with Gasteiger partial charge in [-0.25, -0.2) is 9.78 Å². The first-order valence-corrected chi connectivity index (χ1v) is 13.0. The van der Waals surface area contributed by atoms with Crippen molar-refractivity contribution >= 4 is 28.4 Å². The van der Waals surface area contributed by atoms with Gasteiger partial charge < -0.3 is 19.6 Å². The van der Waals surface area contributed by atoms with Gasteiger partial charge in [0, 0.05) is 64.5 Å². The molecule has 14 heteroatoms. The van der Waals surface area contributed by atoms with Crippen molar-refractivity contribution in [3.63, 3.8) is 0 Å². The number of furan rings is 1. The number of hydrogen-bond donors (Lipinski definition) is 1. The van der Waals surface area contributed by atoms with Crippen LogP contribution in [0, 0.1) is 6.92 Å². The molecule has 6 heterocycles. The summed E-state index contributed by atoms with van der Waals surface area (Å²) in [5.41, 5.74) is 9.67. The zero-order valence-electron chi connectivity index (χ0n) is 22.1. The van der Waals surface area contributed by atoms with E-state index in [9.17, 15) is 4.79 Å². The maximum absolute atomic E-state index is 13.2. The van der Waals surface area contributed by atoms with Gasteiger partial charge in [-0.3, -0.25) is 14.0 Å². The first-order valence-electron chi connectivity index (χ1n) is 13.0. The molecule has 0 unspecified atom stereocenters. The van der Waals surface area contributed by atoms with Gasteiger partial charge in [0.15, 0.2) is 17.1 Å². The molecule has 0 aliphatic carbocycles. The molecule has 0 amide bonds. The molecular weight excluding hydrogens is 514 g/mol. The van der Waals surface area contributed by atoms with E-state index in [1.165, 1.54) is 4.52 Å². The molecule has 0 radical (unpaired) electrons. The van der Waals surface area contributed by atoms with Gasteiger partial charge in [-0.15, -0.1) is 5.10 Å². The van der Waals surface area contributed by atoms with Crippen LogP contribution in [0.5, 0.6) is 0 Å². The topological polar surface area (TPSA) is 155 Å². The Kier molecular flexibility index (Phi) is 5.62. The van der Waals surface area contributed by atoms with Gasteiger partial charge in [0.1, 0.15) is 5.52 Å². The Morgan fingerprint density at radius 3 is 2.45 bits per heavy atom. The highest BCUT2D eigenvalue weighted by Crippen LogP contribution is 2.24. The quantitative estimate of drug-likeness (QED) is 0.328. The van der Waals surface area contributed by atoms with Crippen molar-refractivity contribution in [2.24, 2.45) is 7.05 Å². The summed E-state index contributed by atoms with van der Waals surface area (Å²) in [4.78, 5) is 31.4. The summed E-state index contributed by atoms with van der Waals surface area (Å²) >= 11 is 0. The summed E-state index contributed by atoms with van der Waals surface area (Å²) in [7, 11) is 1.71. The Morgan fingerprint density at radius 1 is 0.950 bits per heavy atom. The lowest BCUT2D eigenvalue weighted by Crippen LogP contribution is -2.47. The monoisotopic (exact) mass is 541 g/mol. The standard InChI is InChI=1S/C26H27N11O3/c1-16-28-21(32-40-16)17-5-7-18(8-6-17)35-12-9-34(10-13-35)11-14-36-23-20(33(2)26(36)38)24-29-22(19-4-3-15-39-19)31-37(24)25(27)30-23/h3-8,15H,9-14H2,1-2H3,(H2,27,30). The molecular formula is C26H27N11O3. The number of nitrogens with two attached hydrogens (primary N) is 1. The number of hydrogen-bond acceptors (Lipinski definition) is 11. The molecule has 6 aromatic rings. The predicted molar refractivity (Wildman–Crippen MR) is 147 cm³/mol. The third kappa shape index (κ3) is 4.00. The zero-order chi connectivity index (χ0) is 27.4. The van der Waals surface area contributed by atoms with E-state index in [4.69, 9.17) is 14.7 Å². The third-order valence-corrected chi connectivity index (χ3v) is 7.35. The van der Waals surface area contributed by atoms with Crippen LogP contribution in [0.1, 0.15) is 5.89 Å². The molecule has 1 aromatic carbocycles. The van der Waals surface area contributed by atoms with Crippen molar-refractivity contribution in [1.82, 2.24) is 43.8 Å². The molecule has 0 spiro atoms. The number of benzene rings is 1. The number of nitrogens with zero attached hydrogens (tertiary/aromatic N) is 10. The maximum atomic E-state index is 13.2. The van der Waals surface area contributed by atoms with E-state index >= 15 is 0 Å². The average molecular weight is 542 g/mol. The minimum atomic E-state index is -0.173. The van der Waals surface area contributed by atoms with Crippen molar-refractivity contribution in [1.29, 1.82) is 0 Å². The van der Waals surface area contributed by atoms with Crippen LogP contribution >= 0.6 is 0 Å². The molecule has 0 saturated carbocycles. The van der Waals surface area contributed by atoms with E-state index in [0.717, 1.165) is 37.4 Å². The lowest BCUT2D eigenvalue weighted by molar-refractivity contribution is 0.248. The van der Waals surface area contributed by atoms with E-state index in [1.807, 2.05) is 12.1 Å². The Balaban J connectivity index is 1.06. The number of nitrogen functional groups attached to an aromatic ring is 1. The number of aromatic nitrogens is 8. The van der Waals surface area contributed by atoms with Crippen LogP contribution in [0.2, 0.25) is 0 Å². The molecule has 1 aliphatic heterocycles. The largest absolute Gasteiger partial charge is 0.461 e. The van der Waals surface area contributed by atoms with Gasteiger partial charge in [-0.1, -0.05) is 5.16 Å². The van der Waals surface area contributed by atoms with Gasteiger partial charge in [-0.2, -0.15) is 14.5 Å². The Labute approximate surface area is 227 Å². The van der Waals surface area contributed by atoms with E-state index in [0.29, 0.717) is 53.2 Å². The summed E-state index contributed by atoms with van der Waals surface area (Å²) in [6.45, 7) is 6.49. The highest BCUT2D eigenvalue weighted by Gasteiger charge is 2.23. The van der Waals surface area contributed by atoms with Gasteiger partial charge in [-0.05, 0) is 36.4 Å². The van der Waals surface area contributed by atoms with Crippen LogP contribution in [0.3, 0.4) is 0 Å². The van der Waals surface area contributed by atoms with Crippen molar-refractivity contribution in [2.45, 2.75) is 13.5 Å². The predicted octanol–water partition coefficient (Wildman–Crippen LogP) is 1.80. The molecule has 7 rings (SSSR count). The van der Waals surface area contributed by atoms with Crippen LogP contribution < -0.4 is 16.3 Å². The molecule has 204 valence electrons. The Bertz CT molecular complexity index is 1870. The fourth-order valence-electron chi connectivity index (χ4n) is 5.21.